The molecule has 1 aliphatic carbocycles. The molecule has 1 aliphatic heterocycles. The smallest absolute Gasteiger partial charge is 0.0827 e. The normalized spacial score (nSPS) is 21.9. The van der Waals surface area contributed by atoms with E-state index in [2.05, 4.69) is 41.5 Å². The van der Waals surface area contributed by atoms with Crippen molar-refractivity contribution in [3.8, 4) is 0 Å². The fraction of sp³-hybridized carbons (Fsp3) is 0.400. The van der Waals surface area contributed by atoms with Gasteiger partial charge in [-0.2, -0.15) is 0 Å². The molecule has 0 radical (unpaired) electrons. The van der Waals surface area contributed by atoms with Crippen molar-refractivity contribution in [2.24, 2.45) is 4.99 Å². The van der Waals surface area contributed by atoms with Crippen LogP contribution < -0.4 is 5.32 Å². The fourth-order valence-corrected chi connectivity index (χ4v) is 2.67. The number of nitrogens with one attached hydrogen (secondary N) is 1. The number of hydrogen-bond acceptors (Lipinski definition) is 2. The third-order valence-corrected chi connectivity index (χ3v) is 3.61. The van der Waals surface area contributed by atoms with Gasteiger partial charge in [-0.1, -0.05) is 35.4 Å². The zero-order valence-electron chi connectivity index (χ0n) is 10.2. The summed E-state index contributed by atoms with van der Waals surface area (Å²) >= 11 is 0. The third kappa shape index (κ3) is 2.26. The lowest BCUT2D eigenvalue weighted by molar-refractivity contribution is 0.636. The molecule has 0 unspecified atom stereocenters. The van der Waals surface area contributed by atoms with Gasteiger partial charge in [-0.05, 0) is 37.3 Å². The molecule has 0 spiro atoms. The van der Waals surface area contributed by atoms with E-state index in [-0.39, 0.29) is 0 Å². The molecule has 88 valence electrons. The van der Waals surface area contributed by atoms with Crippen molar-refractivity contribution in [3.63, 3.8) is 0 Å². The van der Waals surface area contributed by atoms with Gasteiger partial charge in [-0.3, -0.25) is 4.99 Å². The molecule has 0 aromatic heterocycles. The van der Waals surface area contributed by atoms with Gasteiger partial charge in [0.25, 0.3) is 0 Å². The molecule has 0 saturated heterocycles. The second kappa shape index (κ2) is 4.36. The maximum atomic E-state index is 4.22. The van der Waals surface area contributed by atoms with Crippen LogP contribution in [0.4, 0.5) is 0 Å². The Labute approximate surface area is 102 Å². The first-order valence-electron chi connectivity index (χ1n) is 6.34. The number of aryl methyl sites for hydroxylation is 2. The predicted octanol–water partition coefficient (Wildman–Crippen LogP) is 2.71. The van der Waals surface area contributed by atoms with Crippen molar-refractivity contribution < 1.29 is 0 Å². The highest BCUT2D eigenvalue weighted by Gasteiger charge is 2.16. The lowest BCUT2D eigenvalue weighted by atomic mass is 9.88. The molecule has 2 aliphatic rings. The molecule has 1 heterocycles. The van der Waals surface area contributed by atoms with Crippen molar-refractivity contribution >= 4 is 12.4 Å². The van der Waals surface area contributed by atoms with E-state index >= 15 is 0 Å². The van der Waals surface area contributed by atoms with Crippen molar-refractivity contribution in [3.05, 3.63) is 40.5 Å². The van der Waals surface area contributed by atoms with Crippen LogP contribution in [-0.4, -0.2) is 18.9 Å². The first-order valence-corrected chi connectivity index (χ1v) is 6.34. The average molecular weight is 226 g/mol. The Bertz CT molecular complexity index is 478. The number of benzene rings is 1. The van der Waals surface area contributed by atoms with E-state index in [1.54, 1.807) is 5.57 Å². The summed E-state index contributed by atoms with van der Waals surface area (Å²) in [5, 5.41) is 3.30. The SMILES string of the molecule is Cc1ccc2c(c1)CCC(C[C@H]1CN=CN1)=C2. The Morgan fingerprint density at radius 3 is 3.12 bits per heavy atom. The van der Waals surface area contributed by atoms with Crippen LogP contribution in [0.1, 0.15) is 29.5 Å². The average Bonchev–Trinajstić information content (AvgIpc) is 2.82. The Hall–Kier alpha value is -1.57. The molecule has 3 rings (SSSR count). The van der Waals surface area contributed by atoms with Gasteiger partial charge in [0.2, 0.25) is 0 Å². The Kier molecular flexibility index (Phi) is 2.71. The van der Waals surface area contributed by atoms with Crippen LogP contribution >= 0.6 is 0 Å². The van der Waals surface area contributed by atoms with Crippen LogP contribution in [0.2, 0.25) is 0 Å². The summed E-state index contributed by atoms with van der Waals surface area (Å²) in [6, 6.07) is 7.30. The number of nitrogens with zero attached hydrogens (tertiary/aromatic N) is 1. The van der Waals surface area contributed by atoms with Gasteiger partial charge in [0.05, 0.1) is 18.9 Å². The van der Waals surface area contributed by atoms with Crippen LogP contribution in [0.25, 0.3) is 6.08 Å². The minimum absolute atomic E-state index is 0.522. The molecule has 0 amide bonds. The molecule has 0 bridgehead atoms. The minimum Gasteiger partial charge on any atom is -0.372 e. The molecule has 1 aromatic carbocycles. The first kappa shape index (κ1) is 10.6. The second-order valence-electron chi connectivity index (χ2n) is 5.07. The van der Waals surface area contributed by atoms with Crippen LogP contribution in [0, 0.1) is 6.92 Å². The highest BCUT2D eigenvalue weighted by molar-refractivity contribution is 5.61. The van der Waals surface area contributed by atoms with E-state index in [1.165, 1.54) is 29.5 Å². The standard InChI is InChI=1S/C15H18N2/c1-11-2-4-14-7-12(3-5-13(14)6-11)8-15-9-16-10-17-15/h2,4,6-7,10,15H,3,5,8-9H2,1H3,(H,16,17)/t15-/m0/s1. The molecule has 2 heteroatoms. The quantitative estimate of drug-likeness (QED) is 0.824. The van der Waals surface area contributed by atoms with E-state index in [9.17, 15) is 0 Å². The van der Waals surface area contributed by atoms with Crippen LogP contribution in [0.3, 0.4) is 0 Å². The third-order valence-electron chi connectivity index (χ3n) is 3.61. The summed E-state index contributed by atoms with van der Waals surface area (Å²) in [4.78, 5) is 4.22. The summed E-state index contributed by atoms with van der Waals surface area (Å²) in [6.07, 6.45) is 7.74. The number of aliphatic imine (C=N–C) groups is 1. The highest BCUT2D eigenvalue weighted by Crippen LogP contribution is 2.27. The van der Waals surface area contributed by atoms with Crippen LogP contribution in [-0.2, 0) is 6.42 Å². The Morgan fingerprint density at radius 2 is 2.29 bits per heavy atom. The zero-order valence-corrected chi connectivity index (χ0v) is 10.2. The summed E-state index contributed by atoms with van der Waals surface area (Å²) in [6.45, 7) is 3.09. The summed E-state index contributed by atoms with van der Waals surface area (Å²) in [5.41, 5.74) is 5.84. The molecule has 1 atom stereocenters. The van der Waals surface area contributed by atoms with Crippen LogP contribution in [0.5, 0.6) is 0 Å². The van der Waals surface area contributed by atoms with Gasteiger partial charge < -0.3 is 5.32 Å². The monoisotopic (exact) mass is 226 g/mol. The molecule has 17 heavy (non-hydrogen) atoms. The molecular weight excluding hydrogens is 208 g/mol. The molecular formula is C15H18N2. The Morgan fingerprint density at radius 1 is 1.35 bits per heavy atom. The van der Waals surface area contributed by atoms with Gasteiger partial charge >= 0.3 is 0 Å². The van der Waals surface area contributed by atoms with Crippen molar-refractivity contribution in [2.45, 2.75) is 32.2 Å². The van der Waals surface area contributed by atoms with E-state index < -0.39 is 0 Å². The van der Waals surface area contributed by atoms with E-state index in [0.29, 0.717) is 6.04 Å². The Balaban J connectivity index is 1.77. The topological polar surface area (TPSA) is 24.4 Å². The molecule has 1 aromatic rings. The largest absolute Gasteiger partial charge is 0.372 e. The lowest BCUT2D eigenvalue weighted by Crippen LogP contribution is -2.25. The summed E-state index contributed by atoms with van der Waals surface area (Å²) in [5.74, 6) is 0. The maximum absolute atomic E-state index is 4.22. The molecule has 0 fully saturated rings. The van der Waals surface area contributed by atoms with Gasteiger partial charge in [-0.25, -0.2) is 0 Å². The van der Waals surface area contributed by atoms with Gasteiger partial charge in [-0.15, -0.1) is 0 Å². The van der Waals surface area contributed by atoms with E-state index in [4.69, 9.17) is 0 Å². The van der Waals surface area contributed by atoms with Crippen molar-refractivity contribution in [2.75, 3.05) is 6.54 Å². The van der Waals surface area contributed by atoms with Crippen molar-refractivity contribution in [1.29, 1.82) is 0 Å². The zero-order chi connectivity index (χ0) is 11.7. The van der Waals surface area contributed by atoms with Crippen molar-refractivity contribution in [1.82, 2.24) is 5.32 Å². The molecule has 0 saturated carbocycles. The maximum Gasteiger partial charge on any atom is 0.0827 e. The molecule has 2 nitrogen and oxygen atoms in total. The lowest BCUT2D eigenvalue weighted by Gasteiger charge is -2.19. The molecule has 1 N–H and O–H groups in total. The van der Waals surface area contributed by atoms with E-state index in [0.717, 1.165) is 13.0 Å². The van der Waals surface area contributed by atoms with Crippen LogP contribution in [0.15, 0.2) is 28.8 Å². The number of hydrogen-bond donors (Lipinski definition) is 1. The predicted molar refractivity (Wildman–Crippen MR) is 72.4 cm³/mol. The number of fused-ring (bicyclic) bond motifs is 1. The number of rotatable bonds is 2. The van der Waals surface area contributed by atoms with Gasteiger partial charge in [0.15, 0.2) is 0 Å². The highest BCUT2D eigenvalue weighted by atomic mass is 15.0. The minimum atomic E-state index is 0.522. The van der Waals surface area contributed by atoms with Gasteiger partial charge in [0.1, 0.15) is 0 Å². The first-order chi connectivity index (χ1) is 8.31. The fourth-order valence-electron chi connectivity index (χ4n) is 2.67. The second-order valence-corrected chi connectivity index (χ2v) is 5.07. The van der Waals surface area contributed by atoms with E-state index in [1.807, 2.05) is 6.34 Å². The summed E-state index contributed by atoms with van der Waals surface area (Å²) in [7, 11) is 0. The van der Waals surface area contributed by atoms with Gasteiger partial charge in [0, 0.05) is 0 Å². The summed E-state index contributed by atoms with van der Waals surface area (Å²) < 4.78 is 0.